The first-order valence-electron chi connectivity index (χ1n) is 9.22. The molecule has 2 aromatic carbocycles. The fraction of sp³-hybridized carbons (Fsp3) is 0.333. The zero-order valence-corrected chi connectivity index (χ0v) is 16.2. The second-order valence-electron chi connectivity index (χ2n) is 7.22. The highest BCUT2D eigenvalue weighted by Crippen LogP contribution is 2.33. The van der Waals surface area contributed by atoms with Gasteiger partial charge in [-0.15, -0.1) is 0 Å². The SMILES string of the molecule is Cc1ccccc1CN1C[C@H](O)C[C@H]1c1nc(Cc2ccc(F)cc2Cl)no1. The van der Waals surface area contributed by atoms with Crippen LogP contribution in [0.4, 0.5) is 4.39 Å². The molecule has 0 bridgehead atoms. The molecule has 146 valence electrons. The molecule has 0 aliphatic carbocycles. The van der Waals surface area contributed by atoms with Crippen LogP contribution in [-0.2, 0) is 13.0 Å². The van der Waals surface area contributed by atoms with Crippen molar-refractivity contribution in [3.05, 3.63) is 81.7 Å². The van der Waals surface area contributed by atoms with Gasteiger partial charge in [-0.1, -0.05) is 47.1 Å². The number of nitrogens with zero attached hydrogens (tertiary/aromatic N) is 3. The van der Waals surface area contributed by atoms with Crippen molar-refractivity contribution in [1.29, 1.82) is 0 Å². The number of aryl methyl sites for hydroxylation is 1. The smallest absolute Gasteiger partial charge is 0.244 e. The maximum Gasteiger partial charge on any atom is 0.244 e. The molecule has 0 amide bonds. The van der Waals surface area contributed by atoms with E-state index in [0.29, 0.717) is 42.7 Å². The van der Waals surface area contributed by atoms with Crippen LogP contribution in [0.25, 0.3) is 0 Å². The van der Waals surface area contributed by atoms with E-state index in [4.69, 9.17) is 16.1 Å². The number of rotatable bonds is 5. The van der Waals surface area contributed by atoms with Crippen molar-refractivity contribution in [3.63, 3.8) is 0 Å². The summed E-state index contributed by atoms with van der Waals surface area (Å²) < 4.78 is 18.7. The molecule has 3 aromatic rings. The topological polar surface area (TPSA) is 62.4 Å². The number of likely N-dealkylation sites (tertiary alicyclic amines) is 1. The van der Waals surface area contributed by atoms with Crippen LogP contribution in [0.5, 0.6) is 0 Å². The maximum absolute atomic E-state index is 13.2. The zero-order chi connectivity index (χ0) is 19.7. The molecule has 5 nitrogen and oxygen atoms in total. The van der Waals surface area contributed by atoms with Crippen molar-refractivity contribution < 1.29 is 14.0 Å². The Morgan fingerprint density at radius 2 is 2.07 bits per heavy atom. The minimum Gasteiger partial charge on any atom is -0.392 e. The summed E-state index contributed by atoms with van der Waals surface area (Å²) in [6.45, 7) is 3.34. The van der Waals surface area contributed by atoms with Crippen molar-refractivity contribution in [3.8, 4) is 0 Å². The lowest BCUT2D eigenvalue weighted by atomic mass is 10.1. The molecule has 0 unspecified atom stereocenters. The largest absolute Gasteiger partial charge is 0.392 e. The van der Waals surface area contributed by atoms with Gasteiger partial charge in [0.25, 0.3) is 0 Å². The molecule has 7 heteroatoms. The monoisotopic (exact) mass is 401 g/mol. The highest BCUT2D eigenvalue weighted by atomic mass is 35.5. The van der Waals surface area contributed by atoms with Gasteiger partial charge in [0.2, 0.25) is 5.89 Å². The summed E-state index contributed by atoms with van der Waals surface area (Å²) in [5, 5.41) is 14.6. The van der Waals surface area contributed by atoms with E-state index in [0.717, 1.165) is 5.56 Å². The normalized spacial score (nSPS) is 20.0. The van der Waals surface area contributed by atoms with E-state index >= 15 is 0 Å². The molecule has 1 fully saturated rings. The van der Waals surface area contributed by atoms with Crippen molar-refractivity contribution in [2.45, 2.75) is 38.5 Å². The molecule has 1 saturated heterocycles. The van der Waals surface area contributed by atoms with Gasteiger partial charge in [-0.3, -0.25) is 4.90 Å². The van der Waals surface area contributed by atoms with Gasteiger partial charge in [-0.25, -0.2) is 4.39 Å². The summed E-state index contributed by atoms with van der Waals surface area (Å²) in [6.07, 6.45) is 0.469. The van der Waals surface area contributed by atoms with E-state index < -0.39 is 6.10 Å². The van der Waals surface area contributed by atoms with Gasteiger partial charge in [0, 0.05) is 24.5 Å². The van der Waals surface area contributed by atoms with Crippen molar-refractivity contribution in [1.82, 2.24) is 15.0 Å². The van der Waals surface area contributed by atoms with Gasteiger partial charge >= 0.3 is 0 Å². The number of hydrogen-bond donors (Lipinski definition) is 1. The van der Waals surface area contributed by atoms with E-state index in [-0.39, 0.29) is 11.9 Å². The van der Waals surface area contributed by atoms with E-state index in [2.05, 4.69) is 34.1 Å². The summed E-state index contributed by atoms with van der Waals surface area (Å²) in [7, 11) is 0. The molecule has 1 N–H and O–H groups in total. The molecule has 2 heterocycles. The van der Waals surface area contributed by atoms with E-state index in [1.54, 1.807) is 6.07 Å². The highest BCUT2D eigenvalue weighted by Gasteiger charge is 2.36. The first-order valence-corrected chi connectivity index (χ1v) is 9.60. The maximum atomic E-state index is 13.2. The van der Waals surface area contributed by atoms with Crippen LogP contribution >= 0.6 is 11.6 Å². The van der Waals surface area contributed by atoms with Crippen LogP contribution < -0.4 is 0 Å². The van der Waals surface area contributed by atoms with E-state index in [9.17, 15) is 9.50 Å². The van der Waals surface area contributed by atoms with Crippen LogP contribution in [0, 0.1) is 12.7 Å². The quantitative estimate of drug-likeness (QED) is 0.698. The second-order valence-corrected chi connectivity index (χ2v) is 7.63. The standard InChI is InChI=1S/C21H21ClFN3O2/c1-13-4-2-3-5-15(13)11-26-12-17(27)10-19(26)21-24-20(25-28-21)8-14-6-7-16(23)9-18(14)22/h2-7,9,17,19,27H,8,10-12H2,1H3/t17-,19+/m1/s1. The minimum absolute atomic E-state index is 0.139. The Balaban J connectivity index is 1.52. The van der Waals surface area contributed by atoms with E-state index in [1.807, 2.05) is 12.1 Å². The molecule has 0 spiro atoms. The number of aliphatic hydroxyl groups is 1. The molecule has 2 atom stereocenters. The van der Waals surface area contributed by atoms with Crippen LogP contribution in [0.3, 0.4) is 0 Å². The molecule has 28 heavy (non-hydrogen) atoms. The fourth-order valence-corrected chi connectivity index (χ4v) is 3.86. The first-order chi connectivity index (χ1) is 13.5. The van der Waals surface area contributed by atoms with Gasteiger partial charge < -0.3 is 9.63 Å². The minimum atomic E-state index is -0.434. The molecule has 4 rings (SSSR count). The van der Waals surface area contributed by atoms with Crippen LogP contribution in [0.15, 0.2) is 47.0 Å². The first kappa shape index (κ1) is 19.1. The summed E-state index contributed by atoms with van der Waals surface area (Å²) in [5.74, 6) is 0.591. The molecule has 0 radical (unpaired) electrons. The number of aliphatic hydroxyl groups excluding tert-OH is 1. The number of hydrogen-bond acceptors (Lipinski definition) is 5. The molecule has 1 aromatic heterocycles. The average molecular weight is 402 g/mol. The third kappa shape index (κ3) is 4.09. The summed E-state index contributed by atoms with van der Waals surface area (Å²) >= 11 is 6.09. The van der Waals surface area contributed by atoms with Crippen molar-refractivity contribution >= 4 is 11.6 Å². The molecule has 0 saturated carbocycles. The fourth-order valence-electron chi connectivity index (χ4n) is 3.63. The number of benzene rings is 2. The lowest BCUT2D eigenvalue weighted by Gasteiger charge is -2.22. The molecule has 1 aliphatic heterocycles. The Kier molecular flexibility index (Phi) is 5.44. The average Bonchev–Trinajstić information content (AvgIpc) is 3.26. The van der Waals surface area contributed by atoms with Gasteiger partial charge in [-0.2, -0.15) is 4.98 Å². The zero-order valence-electron chi connectivity index (χ0n) is 15.5. The Labute approximate surface area is 167 Å². The Hall–Kier alpha value is -2.28. The van der Waals surface area contributed by atoms with Crippen LogP contribution in [0.2, 0.25) is 5.02 Å². The van der Waals surface area contributed by atoms with Crippen LogP contribution in [0.1, 0.15) is 40.9 Å². The lowest BCUT2D eigenvalue weighted by Crippen LogP contribution is -2.25. The molecular formula is C21H21ClFN3O2. The van der Waals surface area contributed by atoms with Gasteiger partial charge in [-0.05, 0) is 42.2 Å². The summed E-state index contributed by atoms with van der Waals surface area (Å²) in [4.78, 5) is 6.68. The Bertz CT molecular complexity index is 978. The predicted molar refractivity (Wildman–Crippen MR) is 103 cm³/mol. The number of aromatic nitrogens is 2. The van der Waals surface area contributed by atoms with Gasteiger partial charge in [0.05, 0.1) is 12.1 Å². The Morgan fingerprint density at radius 1 is 1.25 bits per heavy atom. The van der Waals surface area contributed by atoms with Crippen molar-refractivity contribution in [2.24, 2.45) is 0 Å². The summed E-state index contributed by atoms with van der Waals surface area (Å²) in [5.41, 5.74) is 3.15. The van der Waals surface area contributed by atoms with Gasteiger partial charge in [0.15, 0.2) is 5.82 Å². The second kappa shape index (κ2) is 7.99. The third-order valence-corrected chi connectivity index (χ3v) is 5.50. The van der Waals surface area contributed by atoms with E-state index in [1.165, 1.54) is 23.3 Å². The third-order valence-electron chi connectivity index (χ3n) is 5.15. The van der Waals surface area contributed by atoms with Crippen LogP contribution in [-0.4, -0.2) is 32.8 Å². The highest BCUT2D eigenvalue weighted by molar-refractivity contribution is 6.31. The Morgan fingerprint density at radius 3 is 2.86 bits per heavy atom. The number of halogens is 2. The molecule has 1 aliphatic rings. The predicted octanol–water partition coefficient (Wildman–Crippen LogP) is 4.07. The lowest BCUT2D eigenvalue weighted by molar-refractivity contribution is 0.169. The van der Waals surface area contributed by atoms with Crippen molar-refractivity contribution in [2.75, 3.05) is 6.54 Å². The summed E-state index contributed by atoms with van der Waals surface area (Å²) in [6, 6.07) is 12.3. The molecular weight excluding hydrogens is 381 g/mol. The van der Waals surface area contributed by atoms with Gasteiger partial charge in [0.1, 0.15) is 5.82 Å². The number of β-amino-alcohol motifs (C(OH)–C–C–N with tert-alkyl or cyclic N) is 1.